The van der Waals surface area contributed by atoms with Gasteiger partial charge in [0.25, 0.3) is 0 Å². The summed E-state index contributed by atoms with van der Waals surface area (Å²) in [5.41, 5.74) is 3.11. The molecule has 2 aromatic rings. The van der Waals surface area contributed by atoms with Gasteiger partial charge in [0.1, 0.15) is 11.4 Å². The standard InChI is InChI=1S/C23H24FN3O/c1-27(22-4-2-12-26-22)13-3-11-23(19-6-8-20(24)9-7-19)21-10-5-17(15-25)14-18(21)16-28-23/h5-10,14H,2-4,11-13,16H2,1H3. The molecular formula is C23H24FN3O. The Balaban J connectivity index is 1.61. The second-order valence-electron chi connectivity index (χ2n) is 7.53. The molecule has 2 aromatic carbocycles. The molecule has 0 saturated carbocycles. The molecule has 0 radical (unpaired) electrons. The highest BCUT2D eigenvalue weighted by molar-refractivity contribution is 5.83. The van der Waals surface area contributed by atoms with Gasteiger partial charge in [0, 0.05) is 26.6 Å². The number of hydrogen-bond donors (Lipinski definition) is 0. The second-order valence-corrected chi connectivity index (χ2v) is 7.53. The average Bonchev–Trinajstić information content (AvgIpc) is 3.37. The molecule has 5 heteroatoms. The first kappa shape index (κ1) is 18.6. The van der Waals surface area contributed by atoms with Crippen LogP contribution in [0.5, 0.6) is 0 Å². The van der Waals surface area contributed by atoms with Gasteiger partial charge in [-0.2, -0.15) is 5.26 Å². The van der Waals surface area contributed by atoms with Gasteiger partial charge in [-0.15, -0.1) is 0 Å². The van der Waals surface area contributed by atoms with Crippen molar-refractivity contribution in [3.8, 4) is 6.07 Å². The van der Waals surface area contributed by atoms with Crippen molar-refractivity contribution in [1.29, 1.82) is 5.26 Å². The van der Waals surface area contributed by atoms with Gasteiger partial charge in [0.15, 0.2) is 0 Å². The summed E-state index contributed by atoms with van der Waals surface area (Å²) in [7, 11) is 2.09. The zero-order chi connectivity index (χ0) is 19.6. The van der Waals surface area contributed by atoms with Crippen LogP contribution < -0.4 is 0 Å². The summed E-state index contributed by atoms with van der Waals surface area (Å²) in [5.74, 6) is 0.929. The molecular weight excluding hydrogens is 353 g/mol. The largest absolute Gasteiger partial charge is 0.363 e. The molecule has 0 N–H and O–H groups in total. The number of aliphatic imine (C=N–C) groups is 1. The fourth-order valence-corrected chi connectivity index (χ4v) is 4.29. The summed E-state index contributed by atoms with van der Waals surface area (Å²) in [4.78, 5) is 6.80. The molecule has 0 bridgehead atoms. The Labute approximate surface area is 165 Å². The van der Waals surface area contributed by atoms with Crippen LogP contribution in [-0.4, -0.2) is 30.9 Å². The average molecular weight is 377 g/mol. The van der Waals surface area contributed by atoms with E-state index in [4.69, 9.17) is 4.74 Å². The molecule has 0 aliphatic carbocycles. The Morgan fingerprint density at radius 2 is 2.07 bits per heavy atom. The Bertz CT molecular complexity index is 932. The fourth-order valence-electron chi connectivity index (χ4n) is 4.29. The topological polar surface area (TPSA) is 48.6 Å². The van der Waals surface area contributed by atoms with Crippen molar-refractivity contribution < 1.29 is 9.13 Å². The minimum Gasteiger partial charge on any atom is -0.363 e. The van der Waals surface area contributed by atoms with Gasteiger partial charge >= 0.3 is 0 Å². The first-order chi connectivity index (χ1) is 13.6. The lowest BCUT2D eigenvalue weighted by molar-refractivity contribution is -0.0136. The summed E-state index contributed by atoms with van der Waals surface area (Å²) >= 11 is 0. The number of nitrogens with zero attached hydrogens (tertiary/aromatic N) is 3. The lowest BCUT2D eigenvalue weighted by atomic mass is 9.81. The SMILES string of the molecule is CN(CCCC1(c2ccc(F)cc2)OCc2cc(C#N)ccc21)C1=NCCC1. The van der Waals surface area contributed by atoms with Crippen molar-refractivity contribution in [2.45, 2.75) is 37.9 Å². The molecule has 2 aliphatic heterocycles. The van der Waals surface area contributed by atoms with Gasteiger partial charge in [-0.05, 0) is 60.2 Å². The Morgan fingerprint density at radius 3 is 2.79 bits per heavy atom. The number of halogens is 1. The quantitative estimate of drug-likeness (QED) is 0.777. The number of amidine groups is 1. The molecule has 4 rings (SSSR count). The van der Waals surface area contributed by atoms with E-state index in [2.05, 4.69) is 23.0 Å². The number of nitriles is 1. The Kier molecular flexibility index (Phi) is 5.15. The number of ether oxygens (including phenoxy) is 1. The van der Waals surface area contributed by atoms with Gasteiger partial charge in [-0.3, -0.25) is 4.99 Å². The molecule has 144 valence electrons. The van der Waals surface area contributed by atoms with Crippen LogP contribution in [0, 0.1) is 17.1 Å². The van der Waals surface area contributed by atoms with Crippen LogP contribution in [-0.2, 0) is 16.9 Å². The Hall–Kier alpha value is -2.71. The van der Waals surface area contributed by atoms with E-state index >= 15 is 0 Å². The van der Waals surface area contributed by atoms with Crippen molar-refractivity contribution in [3.63, 3.8) is 0 Å². The highest BCUT2D eigenvalue weighted by atomic mass is 19.1. The summed E-state index contributed by atoms with van der Waals surface area (Å²) in [5, 5.41) is 9.20. The zero-order valence-corrected chi connectivity index (χ0v) is 16.1. The maximum absolute atomic E-state index is 13.5. The van der Waals surface area contributed by atoms with Crippen LogP contribution in [0.4, 0.5) is 4.39 Å². The van der Waals surface area contributed by atoms with E-state index in [1.807, 2.05) is 30.3 Å². The Morgan fingerprint density at radius 1 is 1.25 bits per heavy atom. The maximum atomic E-state index is 13.5. The number of rotatable bonds is 5. The lowest BCUT2D eigenvalue weighted by Gasteiger charge is -2.31. The van der Waals surface area contributed by atoms with Crippen LogP contribution in [0.1, 0.15) is 47.9 Å². The summed E-state index contributed by atoms with van der Waals surface area (Å²) in [6.07, 6.45) is 3.90. The van der Waals surface area contributed by atoms with Crippen molar-refractivity contribution in [1.82, 2.24) is 4.90 Å². The van der Waals surface area contributed by atoms with E-state index in [0.717, 1.165) is 55.5 Å². The molecule has 0 aromatic heterocycles. The van der Waals surface area contributed by atoms with Gasteiger partial charge in [-0.1, -0.05) is 18.2 Å². The van der Waals surface area contributed by atoms with Crippen LogP contribution in [0.25, 0.3) is 0 Å². The first-order valence-corrected chi connectivity index (χ1v) is 9.80. The smallest absolute Gasteiger partial charge is 0.123 e. The third-order valence-corrected chi connectivity index (χ3v) is 5.77. The minimum atomic E-state index is -0.602. The van der Waals surface area contributed by atoms with E-state index < -0.39 is 5.60 Å². The minimum absolute atomic E-state index is 0.254. The van der Waals surface area contributed by atoms with E-state index in [9.17, 15) is 9.65 Å². The predicted octanol–water partition coefficient (Wildman–Crippen LogP) is 4.38. The van der Waals surface area contributed by atoms with E-state index in [1.54, 1.807) is 0 Å². The molecule has 4 nitrogen and oxygen atoms in total. The van der Waals surface area contributed by atoms with E-state index in [-0.39, 0.29) is 5.82 Å². The summed E-state index contributed by atoms with van der Waals surface area (Å²) in [6, 6.07) is 14.5. The molecule has 0 amide bonds. The number of benzene rings is 2. The van der Waals surface area contributed by atoms with Crippen LogP contribution in [0.2, 0.25) is 0 Å². The van der Waals surface area contributed by atoms with Gasteiger partial charge in [0.2, 0.25) is 0 Å². The van der Waals surface area contributed by atoms with Crippen LogP contribution >= 0.6 is 0 Å². The molecule has 1 unspecified atom stereocenters. The van der Waals surface area contributed by atoms with Crippen molar-refractivity contribution in [2.24, 2.45) is 4.99 Å². The van der Waals surface area contributed by atoms with Gasteiger partial charge in [0.05, 0.1) is 24.1 Å². The molecule has 1 atom stereocenters. The second kappa shape index (κ2) is 7.73. The van der Waals surface area contributed by atoms with Crippen molar-refractivity contribution in [3.05, 3.63) is 70.5 Å². The highest BCUT2D eigenvalue weighted by Gasteiger charge is 2.41. The van der Waals surface area contributed by atoms with Crippen molar-refractivity contribution in [2.75, 3.05) is 20.1 Å². The monoisotopic (exact) mass is 377 g/mol. The van der Waals surface area contributed by atoms with Crippen molar-refractivity contribution >= 4 is 5.84 Å². The predicted molar refractivity (Wildman–Crippen MR) is 107 cm³/mol. The highest BCUT2D eigenvalue weighted by Crippen LogP contribution is 2.45. The fraction of sp³-hybridized carbons (Fsp3) is 0.391. The number of fused-ring (bicyclic) bond motifs is 1. The zero-order valence-electron chi connectivity index (χ0n) is 16.1. The molecule has 0 saturated heterocycles. The summed E-state index contributed by atoms with van der Waals surface area (Å²) < 4.78 is 19.9. The van der Waals surface area contributed by atoms with E-state index in [1.165, 1.54) is 18.0 Å². The number of hydrogen-bond acceptors (Lipinski definition) is 4. The van der Waals surface area contributed by atoms with Gasteiger partial charge in [-0.25, -0.2) is 4.39 Å². The third-order valence-electron chi connectivity index (χ3n) is 5.77. The first-order valence-electron chi connectivity index (χ1n) is 9.80. The van der Waals surface area contributed by atoms with Crippen LogP contribution in [0.15, 0.2) is 47.5 Å². The van der Waals surface area contributed by atoms with E-state index in [0.29, 0.717) is 12.2 Å². The molecule has 2 heterocycles. The molecule has 28 heavy (non-hydrogen) atoms. The normalized spacial score (nSPS) is 20.5. The lowest BCUT2D eigenvalue weighted by Crippen LogP contribution is -2.31. The maximum Gasteiger partial charge on any atom is 0.123 e. The van der Waals surface area contributed by atoms with Crippen LogP contribution in [0.3, 0.4) is 0 Å². The van der Waals surface area contributed by atoms with Gasteiger partial charge < -0.3 is 9.64 Å². The molecule has 0 spiro atoms. The molecule has 2 aliphatic rings. The summed E-state index contributed by atoms with van der Waals surface area (Å²) in [6.45, 7) is 2.29. The molecule has 0 fully saturated rings. The third kappa shape index (κ3) is 3.41.